The lowest BCUT2D eigenvalue weighted by atomic mass is 10.2. The predicted octanol–water partition coefficient (Wildman–Crippen LogP) is -0.635. The van der Waals surface area contributed by atoms with Gasteiger partial charge in [0.25, 0.3) is 0 Å². The summed E-state index contributed by atoms with van der Waals surface area (Å²) in [6.45, 7) is 1.89. The van der Waals surface area contributed by atoms with Crippen molar-refractivity contribution in [3.05, 3.63) is 0 Å². The zero-order valence-corrected chi connectivity index (χ0v) is 7.34. The summed E-state index contributed by atoms with van der Waals surface area (Å²) in [4.78, 5) is 11.2. The van der Waals surface area contributed by atoms with Crippen molar-refractivity contribution in [2.45, 2.75) is 37.8 Å². The molecule has 0 saturated heterocycles. The topological polar surface area (TPSA) is 75.4 Å². The molecule has 0 aromatic heterocycles. The smallest absolute Gasteiger partial charge is 0.237 e. The van der Waals surface area contributed by atoms with E-state index in [0.717, 1.165) is 12.8 Å². The summed E-state index contributed by atoms with van der Waals surface area (Å²) in [5, 5.41) is 11.7. The first-order valence-electron chi connectivity index (χ1n) is 4.32. The molecule has 0 bridgehead atoms. The van der Waals surface area contributed by atoms with Crippen LogP contribution >= 0.6 is 0 Å². The first-order chi connectivity index (χ1) is 5.63. The Morgan fingerprint density at radius 1 is 1.75 bits per heavy atom. The molecule has 0 radical (unpaired) electrons. The Kier molecular flexibility index (Phi) is 2.69. The number of nitrogens with two attached hydrogens (primary N) is 1. The highest BCUT2D eigenvalue weighted by Crippen LogP contribution is 2.34. The van der Waals surface area contributed by atoms with Crippen LogP contribution in [0.15, 0.2) is 0 Å². The highest BCUT2D eigenvalue weighted by atomic mass is 16.3. The normalized spacial score (nSPS) is 21.6. The summed E-state index contributed by atoms with van der Waals surface area (Å²) >= 11 is 0. The monoisotopic (exact) mass is 172 g/mol. The summed E-state index contributed by atoms with van der Waals surface area (Å²) in [5.74, 6) is -0.149. The second-order valence-electron chi connectivity index (χ2n) is 3.44. The molecule has 0 heterocycles. The van der Waals surface area contributed by atoms with E-state index < -0.39 is 6.04 Å². The van der Waals surface area contributed by atoms with Gasteiger partial charge in [-0.1, -0.05) is 6.92 Å². The van der Waals surface area contributed by atoms with E-state index in [1.54, 1.807) is 0 Å². The van der Waals surface area contributed by atoms with Crippen LogP contribution in [0.1, 0.15) is 26.2 Å². The van der Waals surface area contributed by atoms with Crippen LogP contribution in [-0.4, -0.2) is 29.2 Å². The largest absolute Gasteiger partial charge is 0.394 e. The number of aliphatic hydroxyl groups is 1. The molecule has 1 aliphatic rings. The summed E-state index contributed by atoms with van der Waals surface area (Å²) in [6, 6.07) is -0.436. The van der Waals surface area contributed by atoms with E-state index in [0.29, 0.717) is 6.42 Å². The van der Waals surface area contributed by atoms with Crippen LogP contribution in [0.5, 0.6) is 0 Å². The molecule has 0 aromatic carbocycles. The maximum Gasteiger partial charge on any atom is 0.237 e. The van der Waals surface area contributed by atoms with E-state index in [2.05, 4.69) is 5.32 Å². The zero-order chi connectivity index (χ0) is 9.19. The Balaban J connectivity index is 2.36. The zero-order valence-electron chi connectivity index (χ0n) is 7.34. The molecule has 70 valence electrons. The van der Waals surface area contributed by atoms with E-state index in [1.165, 1.54) is 0 Å². The fourth-order valence-electron chi connectivity index (χ4n) is 1.01. The number of carbonyl (C=O) groups excluding carboxylic acids is 1. The van der Waals surface area contributed by atoms with Crippen LogP contribution in [0, 0.1) is 0 Å². The molecule has 12 heavy (non-hydrogen) atoms. The minimum absolute atomic E-state index is 0.0230. The lowest BCUT2D eigenvalue weighted by molar-refractivity contribution is -0.123. The molecule has 1 amide bonds. The highest BCUT2D eigenvalue weighted by Gasteiger charge is 2.43. The second kappa shape index (κ2) is 3.41. The number of amides is 1. The number of nitrogens with one attached hydrogen (secondary N) is 1. The molecule has 1 rings (SSSR count). The molecule has 0 spiro atoms. The van der Waals surface area contributed by atoms with Gasteiger partial charge in [-0.25, -0.2) is 0 Å². The minimum atomic E-state index is -0.436. The molecule has 1 saturated carbocycles. The fourth-order valence-corrected chi connectivity index (χ4v) is 1.01. The highest BCUT2D eigenvalue weighted by molar-refractivity contribution is 5.82. The van der Waals surface area contributed by atoms with Gasteiger partial charge in [0.15, 0.2) is 0 Å². The van der Waals surface area contributed by atoms with Crippen LogP contribution in [0.25, 0.3) is 0 Å². The maximum atomic E-state index is 11.2. The first kappa shape index (κ1) is 9.48. The standard InChI is InChI=1S/C8H16N2O2/c1-2-6(9)7(12)10-8(5-11)3-4-8/h6,11H,2-5,9H2,1H3,(H,10,12)/t6-/m0/s1. The van der Waals surface area contributed by atoms with Crippen molar-refractivity contribution in [3.63, 3.8) is 0 Å². The number of rotatable bonds is 4. The van der Waals surface area contributed by atoms with Crippen molar-refractivity contribution in [2.75, 3.05) is 6.61 Å². The Bertz CT molecular complexity index is 178. The number of hydrogen-bond acceptors (Lipinski definition) is 3. The molecule has 0 aromatic rings. The first-order valence-corrected chi connectivity index (χ1v) is 4.32. The van der Waals surface area contributed by atoms with Crippen molar-refractivity contribution in [1.29, 1.82) is 0 Å². The molecule has 0 aliphatic heterocycles. The molecular formula is C8H16N2O2. The van der Waals surface area contributed by atoms with E-state index in [9.17, 15) is 4.79 Å². The van der Waals surface area contributed by atoms with Crippen LogP contribution in [0.3, 0.4) is 0 Å². The molecule has 4 nitrogen and oxygen atoms in total. The van der Waals surface area contributed by atoms with Crippen LogP contribution in [0.2, 0.25) is 0 Å². The van der Waals surface area contributed by atoms with E-state index in [4.69, 9.17) is 10.8 Å². The Morgan fingerprint density at radius 2 is 2.33 bits per heavy atom. The van der Waals surface area contributed by atoms with Gasteiger partial charge in [0.2, 0.25) is 5.91 Å². The molecule has 1 atom stereocenters. The van der Waals surface area contributed by atoms with Crippen molar-refractivity contribution in [2.24, 2.45) is 5.73 Å². The number of hydrogen-bond donors (Lipinski definition) is 3. The summed E-state index contributed by atoms with van der Waals surface area (Å²) in [7, 11) is 0. The Morgan fingerprint density at radius 3 is 2.67 bits per heavy atom. The molecule has 1 fully saturated rings. The molecule has 1 aliphatic carbocycles. The third-order valence-electron chi connectivity index (χ3n) is 2.32. The third-order valence-corrected chi connectivity index (χ3v) is 2.32. The van der Waals surface area contributed by atoms with Gasteiger partial charge in [0, 0.05) is 0 Å². The summed E-state index contributed by atoms with van der Waals surface area (Å²) < 4.78 is 0. The van der Waals surface area contributed by atoms with Crippen LogP contribution in [-0.2, 0) is 4.79 Å². The van der Waals surface area contributed by atoms with Gasteiger partial charge in [0.1, 0.15) is 0 Å². The Labute approximate surface area is 72.1 Å². The summed E-state index contributed by atoms with van der Waals surface area (Å²) in [6.07, 6.45) is 2.37. The SMILES string of the molecule is CC[C@H](N)C(=O)NC1(CO)CC1. The molecule has 4 N–H and O–H groups in total. The van der Waals surface area contributed by atoms with Crippen molar-refractivity contribution in [3.8, 4) is 0 Å². The van der Waals surface area contributed by atoms with Gasteiger partial charge in [-0.15, -0.1) is 0 Å². The van der Waals surface area contributed by atoms with Gasteiger partial charge < -0.3 is 16.2 Å². The number of aliphatic hydroxyl groups excluding tert-OH is 1. The molecular weight excluding hydrogens is 156 g/mol. The third kappa shape index (κ3) is 1.95. The lowest BCUT2D eigenvalue weighted by Gasteiger charge is -2.16. The average molecular weight is 172 g/mol. The van der Waals surface area contributed by atoms with Gasteiger partial charge in [-0.2, -0.15) is 0 Å². The van der Waals surface area contributed by atoms with Crippen LogP contribution < -0.4 is 11.1 Å². The van der Waals surface area contributed by atoms with Gasteiger partial charge in [0.05, 0.1) is 18.2 Å². The van der Waals surface area contributed by atoms with Crippen molar-refractivity contribution >= 4 is 5.91 Å². The second-order valence-corrected chi connectivity index (χ2v) is 3.44. The van der Waals surface area contributed by atoms with Gasteiger partial charge in [-0.05, 0) is 19.3 Å². The van der Waals surface area contributed by atoms with Gasteiger partial charge >= 0.3 is 0 Å². The van der Waals surface area contributed by atoms with E-state index in [1.807, 2.05) is 6.92 Å². The molecule has 0 unspecified atom stereocenters. The van der Waals surface area contributed by atoms with E-state index in [-0.39, 0.29) is 18.1 Å². The summed E-state index contributed by atoms with van der Waals surface area (Å²) in [5.41, 5.74) is 5.18. The quantitative estimate of drug-likeness (QED) is 0.528. The average Bonchev–Trinajstić information content (AvgIpc) is 2.84. The lowest BCUT2D eigenvalue weighted by Crippen LogP contribution is -2.47. The van der Waals surface area contributed by atoms with Crippen LogP contribution in [0.4, 0.5) is 0 Å². The van der Waals surface area contributed by atoms with Crippen molar-refractivity contribution < 1.29 is 9.90 Å². The van der Waals surface area contributed by atoms with Crippen molar-refractivity contribution in [1.82, 2.24) is 5.32 Å². The predicted molar refractivity (Wildman–Crippen MR) is 45.5 cm³/mol. The number of carbonyl (C=O) groups is 1. The fraction of sp³-hybridized carbons (Fsp3) is 0.875. The molecule has 4 heteroatoms. The Hall–Kier alpha value is -0.610. The minimum Gasteiger partial charge on any atom is -0.394 e. The van der Waals surface area contributed by atoms with Gasteiger partial charge in [-0.3, -0.25) is 4.79 Å². The van der Waals surface area contributed by atoms with E-state index >= 15 is 0 Å². The maximum absolute atomic E-state index is 11.2.